The van der Waals surface area contributed by atoms with Crippen molar-refractivity contribution in [2.24, 2.45) is 15.7 Å². The lowest BCUT2D eigenvalue weighted by Crippen LogP contribution is -2.20. The van der Waals surface area contributed by atoms with Crippen LogP contribution in [0.3, 0.4) is 0 Å². The SMILES string of the molecule is NC1=Nc2nccc(C3CC3)c2C(c2cccs2)=NC1c1ccncc1. The molecule has 0 radical (unpaired) electrons. The molecule has 3 aromatic rings. The van der Waals surface area contributed by atoms with Crippen LogP contribution in [0.5, 0.6) is 0 Å². The van der Waals surface area contributed by atoms with E-state index in [4.69, 9.17) is 10.7 Å². The number of rotatable bonds is 3. The fraction of sp³-hybridized carbons (Fsp3) is 0.200. The molecule has 2 aliphatic rings. The van der Waals surface area contributed by atoms with Gasteiger partial charge < -0.3 is 5.73 Å². The normalized spacial score (nSPS) is 19.3. The highest BCUT2D eigenvalue weighted by Crippen LogP contribution is 2.45. The first-order valence-electron chi connectivity index (χ1n) is 8.66. The Hall–Kier alpha value is -2.86. The first-order valence-corrected chi connectivity index (χ1v) is 9.54. The summed E-state index contributed by atoms with van der Waals surface area (Å²) in [5, 5.41) is 2.07. The summed E-state index contributed by atoms with van der Waals surface area (Å²) in [4.78, 5) is 19.5. The Balaban J connectivity index is 1.77. The van der Waals surface area contributed by atoms with Crippen molar-refractivity contribution in [1.82, 2.24) is 9.97 Å². The summed E-state index contributed by atoms with van der Waals surface area (Å²) >= 11 is 1.68. The van der Waals surface area contributed by atoms with E-state index in [0.717, 1.165) is 21.7 Å². The predicted molar refractivity (Wildman–Crippen MR) is 104 cm³/mol. The van der Waals surface area contributed by atoms with Gasteiger partial charge in [0, 0.05) is 24.2 Å². The Morgan fingerprint density at radius 3 is 2.62 bits per heavy atom. The van der Waals surface area contributed by atoms with Crippen molar-refractivity contribution in [3.05, 3.63) is 75.9 Å². The molecule has 4 heterocycles. The van der Waals surface area contributed by atoms with Crippen molar-refractivity contribution in [1.29, 1.82) is 0 Å². The highest BCUT2D eigenvalue weighted by atomic mass is 32.1. The van der Waals surface area contributed by atoms with Crippen LogP contribution in [0.15, 0.2) is 64.3 Å². The number of nitrogens with zero attached hydrogens (tertiary/aromatic N) is 4. The van der Waals surface area contributed by atoms with Crippen molar-refractivity contribution >= 4 is 28.7 Å². The maximum absolute atomic E-state index is 6.37. The molecular weight excluding hydrogens is 342 g/mol. The van der Waals surface area contributed by atoms with Gasteiger partial charge in [-0.3, -0.25) is 9.98 Å². The van der Waals surface area contributed by atoms with Gasteiger partial charge in [0.05, 0.1) is 10.6 Å². The van der Waals surface area contributed by atoms with Crippen LogP contribution < -0.4 is 5.73 Å². The van der Waals surface area contributed by atoms with Gasteiger partial charge in [0.15, 0.2) is 5.82 Å². The van der Waals surface area contributed by atoms with E-state index in [9.17, 15) is 0 Å². The summed E-state index contributed by atoms with van der Waals surface area (Å²) in [6.45, 7) is 0. The van der Waals surface area contributed by atoms with Crippen molar-refractivity contribution in [3.8, 4) is 0 Å². The van der Waals surface area contributed by atoms with E-state index in [0.29, 0.717) is 17.6 Å². The monoisotopic (exact) mass is 359 g/mol. The Labute approximate surface area is 155 Å². The lowest BCUT2D eigenvalue weighted by Gasteiger charge is -2.13. The van der Waals surface area contributed by atoms with Gasteiger partial charge in [-0.25, -0.2) is 9.98 Å². The third-order valence-corrected chi connectivity index (χ3v) is 5.64. The van der Waals surface area contributed by atoms with Gasteiger partial charge in [0.2, 0.25) is 0 Å². The number of nitrogens with two attached hydrogens (primary N) is 1. The maximum Gasteiger partial charge on any atom is 0.163 e. The molecule has 1 fully saturated rings. The lowest BCUT2D eigenvalue weighted by molar-refractivity contribution is 0.946. The van der Waals surface area contributed by atoms with E-state index in [1.54, 1.807) is 23.7 Å². The largest absolute Gasteiger partial charge is 0.385 e. The molecule has 0 saturated heterocycles. The molecule has 3 aromatic heterocycles. The van der Waals surface area contributed by atoms with Gasteiger partial charge in [-0.15, -0.1) is 11.3 Å². The minimum absolute atomic E-state index is 0.337. The molecule has 0 spiro atoms. The Morgan fingerprint density at radius 1 is 1.04 bits per heavy atom. The third kappa shape index (κ3) is 2.63. The molecule has 26 heavy (non-hydrogen) atoms. The number of hydrogen-bond donors (Lipinski definition) is 1. The Kier molecular flexibility index (Phi) is 3.64. The second-order valence-corrected chi connectivity index (χ2v) is 7.50. The van der Waals surface area contributed by atoms with Crippen LogP contribution in [0.25, 0.3) is 0 Å². The van der Waals surface area contributed by atoms with Crippen molar-refractivity contribution in [3.63, 3.8) is 0 Å². The molecular formula is C20H17N5S. The summed E-state index contributed by atoms with van der Waals surface area (Å²) in [7, 11) is 0. The lowest BCUT2D eigenvalue weighted by atomic mass is 9.99. The predicted octanol–water partition coefficient (Wildman–Crippen LogP) is 4.00. The van der Waals surface area contributed by atoms with Crippen LogP contribution in [0.4, 0.5) is 5.82 Å². The van der Waals surface area contributed by atoms with Crippen LogP contribution in [0.1, 0.15) is 46.4 Å². The van der Waals surface area contributed by atoms with Crippen LogP contribution in [-0.4, -0.2) is 21.5 Å². The average molecular weight is 359 g/mol. The Morgan fingerprint density at radius 2 is 1.88 bits per heavy atom. The third-order valence-electron chi connectivity index (χ3n) is 4.77. The van der Waals surface area contributed by atoms with E-state index in [1.807, 2.05) is 24.4 Å². The van der Waals surface area contributed by atoms with Gasteiger partial charge in [-0.05, 0) is 59.5 Å². The smallest absolute Gasteiger partial charge is 0.163 e. The van der Waals surface area contributed by atoms with Gasteiger partial charge >= 0.3 is 0 Å². The molecule has 128 valence electrons. The van der Waals surface area contributed by atoms with Crippen LogP contribution in [0.2, 0.25) is 0 Å². The van der Waals surface area contributed by atoms with Gasteiger partial charge in [-0.2, -0.15) is 0 Å². The highest BCUT2D eigenvalue weighted by Gasteiger charge is 2.32. The van der Waals surface area contributed by atoms with Crippen molar-refractivity contribution in [2.75, 3.05) is 0 Å². The molecule has 2 N–H and O–H groups in total. The number of pyridine rings is 2. The molecule has 1 atom stereocenters. The second-order valence-electron chi connectivity index (χ2n) is 6.55. The summed E-state index contributed by atoms with van der Waals surface area (Å²) in [5.74, 6) is 1.71. The number of amidine groups is 1. The maximum atomic E-state index is 6.37. The standard InChI is InChI=1S/C20H17N5S/c21-19-17(13-5-8-22-9-6-13)24-18(15-2-1-11-26-15)16-14(12-3-4-12)7-10-23-20(16)25-19/h1-2,5-12,17H,3-4H2,(H2,21,23,25). The number of aromatic nitrogens is 2. The molecule has 6 heteroatoms. The van der Waals surface area contributed by atoms with Crippen LogP contribution in [-0.2, 0) is 0 Å². The van der Waals surface area contributed by atoms with E-state index < -0.39 is 0 Å². The average Bonchev–Trinajstić information content (AvgIpc) is 3.40. The molecule has 5 rings (SSSR count). The second kappa shape index (κ2) is 6.14. The zero-order valence-electron chi connectivity index (χ0n) is 14.0. The molecule has 5 nitrogen and oxygen atoms in total. The molecule has 1 saturated carbocycles. The quantitative estimate of drug-likeness (QED) is 0.768. The van der Waals surface area contributed by atoms with Gasteiger partial charge in [0.1, 0.15) is 11.9 Å². The number of aliphatic imine (C=N–C) groups is 2. The van der Waals surface area contributed by atoms with E-state index in [-0.39, 0.29) is 6.04 Å². The summed E-state index contributed by atoms with van der Waals surface area (Å²) in [6.07, 6.45) is 7.77. The topological polar surface area (TPSA) is 76.5 Å². The van der Waals surface area contributed by atoms with Gasteiger partial charge in [-0.1, -0.05) is 6.07 Å². The fourth-order valence-corrected chi connectivity index (χ4v) is 4.09. The first kappa shape index (κ1) is 15.4. The summed E-state index contributed by atoms with van der Waals surface area (Å²) in [6, 6.07) is 9.80. The highest BCUT2D eigenvalue weighted by molar-refractivity contribution is 7.12. The minimum Gasteiger partial charge on any atom is -0.385 e. The summed E-state index contributed by atoms with van der Waals surface area (Å²) < 4.78 is 0. The van der Waals surface area contributed by atoms with E-state index in [2.05, 4.69) is 32.5 Å². The zero-order valence-corrected chi connectivity index (χ0v) is 14.9. The van der Waals surface area contributed by atoms with Crippen molar-refractivity contribution in [2.45, 2.75) is 24.8 Å². The summed E-state index contributed by atoms with van der Waals surface area (Å²) in [5.41, 5.74) is 10.6. The number of fused-ring (bicyclic) bond motifs is 1. The minimum atomic E-state index is -0.337. The fourth-order valence-electron chi connectivity index (χ4n) is 3.36. The molecule has 0 amide bonds. The van der Waals surface area contributed by atoms with E-state index in [1.165, 1.54) is 18.4 Å². The number of thiophene rings is 1. The van der Waals surface area contributed by atoms with Crippen LogP contribution in [0, 0.1) is 0 Å². The first-order chi connectivity index (χ1) is 12.8. The molecule has 1 aliphatic carbocycles. The van der Waals surface area contributed by atoms with Crippen molar-refractivity contribution < 1.29 is 0 Å². The molecule has 1 unspecified atom stereocenters. The van der Waals surface area contributed by atoms with Crippen LogP contribution >= 0.6 is 11.3 Å². The number of hydrogen-bond acceptors (Lipinski definition) is 6. The molecule has 0 bridgehead atoms. The van der Waals surface area contributed by atoms with Gasteiger partial charge in [0.25, 0.3) is 0 Å². The Bertz CT molecular complexity index is 1000. The van der Waals surface area contributed by atoms with E-state index >= 15 is 0 Å². The molecule has 0 aromatic carbocycles. The molecule has 1 aliphatic heterocycles. The zero-order chi connectivity index (χ0) is 17.5.